The molecule has 0 N–H and O–H groups in total. The SMILES string of the molecule is CCCCCCCCCCC(=O)O[Si](C)(C)Cc1ccccc1. The molecule has 0 spiro atoms. The lowest BCUT2D eigenvalue weighted by atomic mass is 10.1. The van der Waals surface area contributed by atoms with Gasteiger partial charge < -0.3 is 4.43 Å². The van der Waals surface area contributed by atoms with E-state index in [9.17, 15) is 4.79 Å². The Morgan fingerprint density at radius 3 is 2.09 bits per heavy atom. The molecule has 3 heteroatoms. The van der Waals surface area contributed by atoms with Crippen molar-refractivity contribution < 1.29 is 9.22 Å². The number of carbonyl (C=O) groups is 1. The maximum absolute atomic E-state index is 12.0. The zero-order chi connectivity index (χ0) is 17.0. The second-order valence-electron chi connectivity index (χ2n) is 7.12. The molecule has 0 unspecified atom stereocenters. The van der Waals surface area contributed by atoms with Crippen LogP contribution >= 0.6 is 0 Å². The lowest BCUT2D eigenvalue weighted by Gasteiger charge is -2.23. The Kier molecular flexibility index (Phi) is 9.93. The number of rotatable bonds is 12. The third-order valence-corrected chi connectivity index (χ3v) is 6.14. The zero-order valence-corrected chi connectivity index (χ0v) is 16.3. The molecule has 0 bridgehead atoms. The first-order valence-corrected chi connectivity index (χ1v) is 12.4. The van der Waals surface area contributed by atoms with Gasteiger partial charge in [0.15, 0.2) is 0 Å². The van der Waals surface area contributed by atoms with E-state index in [4.69, 9.17) is 4.43 Å². The van der Waals surface area contributed by atoms with Crippen LogP contribution in [0, 0.1) is 0 Å². The molecule has 0 radical (unpaired) electrons. The van der Waals surface area contributed by atoms with Gasteiger partial charge in [0.2, 0.25) is 0 Å². The minimum Gasteiger partial charge on any atom is -0.519 e. The number of carbonyl (C=O) groups excluding carboxylic acids is 1. The summed E-state index contributed by atoms with van der Waals surface area (Å²) in [5.41, 5.74) is 1.27. The summed E-state index contributed by atoms with van der Waals surface area (Å²) in [6.45, 7) is 6.51. The summed E-state index contributed by atoms with van der Waals surface area (Å²) in [6.07, 6.45) is 10.6. The summed E-state index contributed by atoms with van der Waals surface area (Å²) in [5, 5.41) is 0. The molecule has 0 atom stereocenters. The van der Waals surface area contributed by atoms with Crippen molar-refractivity contribution in [2.45, 2.75) is 83.8 Å². The summed E-state index contributed by atoms with van der Waals surface area (Å²) in [4.78, 5) is 12.0. The van der Waals surface area contributed by atoms with Crippen LogP contribution in [0.15, 0.2) is 30.3 Å². The minimum atomic E-state index is -1.95. The van der Waals surface area contributed by atoms with Crippen LogP contribution in [0.2, 0.25) is 13.1 Å². The Bertz CT molecular complexity index is 429. The molecule has 0 aliphatic heterocycles. The van der Waals surface area contributed by atoms with Crippen molar-refractivity contribution in [1.82, 2.24) is 0 Å². The van der Waals surface area contributed by atoms with Gasteiger partial charge in [0, 0.05) is 12.5 Å². The van der Waals surface area contributed by atoms with Crippen molar-refractivity contribution in [3.63, 3.8) is 0 Å². The molecule has 0 aliphatic rings. The van der Waals surface area contributed by atoms with E-state index >= 15 is 0 Å². The molecule has 0 fully saturated rings. The van der Waals surface area contributed by atoms with Crippen LogP contribution in [0.4, 0.5) is 0 Å². The van der Waals surface area contributed by atoms with Crippen LogP contribution in [0.25, 0.3) is 0 Å². The Morgan fingerprint density at radius 1 is 0.913 bits per heavy atom. The van der Waals surface area contributed by atoms with Gasteiger partial charge in [-0.1, -0.05) is 82.2 Å². The molecule has 0 heterocycles. The Hall–Kier alpha value is -1.09. The maximum Gasteiger partial charge on any atom is 0.292 e. The molecule has 23 heavy (non-hydrogen) atoms. The average Bonchev–Trinajstić information content (AvgIpc) is 2.50. The molecule has 2 nitrogen and oxygen atoms in total. The van der Waals surface area contributed by atoms with E-state index in [2.05, 4.69) is 32.2 Å². The predicted octanol–water partition coefficient (Wildman–Crippen LogP) is 6.05. The predicted molar refractivity (Wildman–Crippen MR) is 101 cm³/mol. The molecule has 0 saturated heterocycles. The molecule has 0 amide bonds. The van der Waals surface area contributed by atoms with Crippen molar-refractivity contribution in [2.75, 3.05) is 0 Å². The van der Waals surface area contributed by atoms with Crippen LogP contribution in [0.3, 0.4) is 0 Å². The van der Waals surface area contributed by atoms with E-state index in [1.54, 1.807) is 0 Å². The highest BCUT2D eigenvalue weighted by molar-refractivity contribution is 6.72. The Balaban J connectivity index is 2.13. The summed E-state index contributed by atoms with van der Waals surface area (Å²) >= 11 is 0. The second kappa shape index (κ2) is 11.4. The fraction of sp³-hybridized carbons (Fsp3) is 0.650. The lowest BCUT2D eigenvalue weighted by molar-refractivity contribution is -0.135. The third-order valence-electron chi connectivity index (χ3n) is 4.10. The largest absolute Gasteiger partial charge is 0.519 e. The summed E-state index contributed by atoms with van der Waals surface area (Å²) in [5.74, 6) is 0.00332. The summed E-state index contributed by atoms with van der Waals surface area (Å²) < 4.78 is 5.80. The fourth-order valence-corrected chi connectivity index (χ4v) is 4.90. The smallest absolute Gasteiger partial charge is 0.292 e. The molecular weight excluding hydrogens is 300 g/mol. The number of benzene rings is 1. The molecule has 0 aliphatic carbocycles. The molecule has 130 valence electrons. The molecular formula is C20H34O2Si. The van der Waals surface area contributed by atoms with Crippen LogP contribution < -0.4 is 0 Å². The van der Waals surface area contributed by atoms with Gasteiger partial charge in [-0.2, -0.15) is 0 Å². The van der Waals surface area contributed by atoms with E-state index in [1.807, 2.05) is 18.2 Å². The molecule has 1 aromatic carbocycles. The van der Waals surface area contributed by atoms with Crippen LogP contribution in [-0.4, -0.2) is 14.3 Å². The summed E-state index contributed by atoms with van der Waals surface area (Å²) in [6, 6.07) is 11.2. The second-order valence-corrected chi connectivity index (χ2v) is 11.2. The van der Waals surface area contributed by atoms with Gasteiger partial charge in [-0.15, -0.1) is 0 Å². The number of unbranched alkanes of at least 4 members (excludes halogenated alkanes) is 7. The minimum absolute atomic E-state index is 0.00332. The van der Waals surface area contributed by atoms with Crippen molar-refractivity contribution in [2.24, 2.45) is 0 Å². The van der Waals surface area contributed by atoms with Gasteiger partial charge >= 0.3 is 0 Å². The highest BCUT2D eigenvalue weighted by Crippen LogP contribution is 2.15. The Labute approximate surface area is 143 Å². The van der Waals surface area contributed by atoms with Crippen molar-refractivity contribution in [1.29, 1.82) is 0 Å². The van der Waals surface area contributed by atoms with Crippen molar-refractivity contribution >= 4 is 14.3 Å². The topological polar surface area (TPSA) is 26.3 Å². The van der Waals surface area contributed by atoms with E-state index in [-0.39, 0.29) is 5.97 Å². The van der Waals surface area contributed by atoms with Gasteiger partial charge in [-0.05, 0) is 25.1 Å². The summed E-state index contributed by atoms with van der Waals surface area (Å²) in [7, 11) is -1.95. The monoisotopic (exact) mass is 334 g/mol. The lowest BCUT2D eigenvalue weighted by Crippen LogP contribution is -2.36. The van der Waals surface area contributed by atoms with Gasteiger partial charge in [-0.25, -0.2) is 0 Å². The van der Waals surface area contributed by atoms with E-state index in [1.165, 1.54) is 44.1 Å². The maximum atomic E-state index is 12.0. The quantitative estimate of drug-likeness (QED) is 0.344. The van der Waals surface area contributed by atoms with Crippen LogP contribution in [0.1, 0.15) is 70.3 Å². The van der Waals surface area contributed by atoms with Gasteiger partial charge in [-0.3, -0.25) is 4.79 Å². The van der Waals surface area contributed by atoms with E-state index in [0.717, 1.165) is 18.9 Å². The van der Waals surface area contributed by atoms with E-state index < -0.39 is 8.32 Å². The Morgan fingerprint density at radius 2 is 1.48 bits per heavy atom. The molecule has 1 rings (SSSR count). The standard InChI is InChI=1S/C20H34O2Si/c1-4-5-6-7-8-9-10-14-17-20(21)22-23(2,3)18-19-15-12-11-13-16-19/h11-13,15-16H,4-10,14,17-18H2,1-3H3. The van der Waals surface area contributed by atoms with Crippen molar-refractivity contribution in [3.8, 4) is 0 Å². The van der Waals surface area contributed by atoms with Gasteiger partial charge in [0.05, 0.1) is 0 Å². The van der Waals surface area contributed by atoms with Gasteiger partial charge in [0.25, 0.3) is 14.3 Å². The highest BCUT2D eigenvalue weighted by atomic mass is 28.4. The average molecular weight is 335 g/mol. The van der Waals surface area contributed by atoms with Crippen molar-refractivity contribution in [3.05, 3.63) is 35.9 Å². The zero-order valence-electron chi connectivity index (χ0n) is 15.3. The fourth-order valence-electron chi connectivity index (χ4n) is 2.89. The van der Waals surface area contributed by atoms with Gasteiger partial charge in [0.1, 0.15) is 0 Å². The van der Waals surface area contributed by atoms with Crippen LogP contribution in [0.5, 0.6) is 0 Å². The van der Waals surface area contributed by atoms with E-state index in [0.29, 0.717) is 6.42 Å². The number of hydrogen-bond donors (Lipinski definition) is 0. The first-order valence-electron chi connectivity index (χ1n) is 9.29. The first kappa shape index (κ1) is 20.0. The third kappa shape index (κ3) is 10.3. The number of hydrogen-bond acceptors (Lipinski definition) is 2. The van der Waals surface area contributed by atoms with Crippen LogP contribution in [-0.2, 0) is 15.3 Å². The normalized spacial score (nSPS) is 11.4. The molecule has 1 aromatic rings. The molecule has 0 aromatic heterocycles. The molecule has 0 saturated carbocycles. The first-order chi connectivity index (χ1) is 11.0. The highest BCUT2D eigenvalue weighted by Gasteiger charge is 2.27.